The van der Waals surface area contributed by atoms with Crippen LogP contribution in [0.2, 0.25) is 0 Å². The Labute approximate surface area is 143 Å². The van der Waals surface area contributed by atoms with Crippen molar-refractivity contribution >= 4 is 16.5 Å². The molecule has 0 atom stereocenters. The molecule has 0 heterocycles. The van der Waals surface area contributed by atoms with Crippen LogP contribution in [0.3, 0.4) is 0 Å². The molecular weight excluding hydrogens is 296 g/mol. The van der Waals surface area contributed by atoms with E-state index in [1.54, 1.807) is 0 Å². The van der Waals surface area contributed by atoms with Gasteiger partial charge in [0.15, 0.2) is 0 Å². The molecule has 0 amide bonds. The Morgan fingerprint density at radius 2 is 1.62 bits per heavy atom. The molecule has 0 bridgehead atoms. The summed E-state index contributed by atoms with van der Waals surface area (Å²) in [5.41, 5.74) is 7.84. The maximum atomic E-state index is 6.00. The number of rotatable bonds is 7. The van der Waals surface area contributed by atoms with Gasteiger partial charge in [0.25, 0.3) is 0 Å². The van der Waals surface area contributed by atoms with Crippen molar-refractivity contribution in [3.05, 3.63) is 72.3 Å². The summed E-state index contributed by atoms with van der Waals surface area (Å²) in [5.74, 6) is 0.958. The van der Waals surface area contributed by atoms with Gasteiger partial charge in [0.05, 0.1) is 0 Å². The number of benzene rings is 3. The van der Waals surface area contributed by atoms with E-state index in [2.05, 4.69) is 48.3 Å². The zero-order valence-electron chi connectivity index (χ0n) is 14.1. The van der Waals surface area contributed by atoms with E-state index >= 15 is 0 Å². The molecule has 0 unspecified atom stereocenters. The average molecular weight is 320 g/mol. The van der Waals surface area contributed by atoms with Gasteiger partial charge in [-0.15, -0.1) is 0 Å². The van der Waals surface area contributed by atoms with Gasteiger partial charge in [-0.3, -0.25) is 0 Å². The molecule has 24 heavy (non-hydrogen) atoms. The molecule has 3 rings (SSSR count). The molecular formula is C21H24N2O. The number of hydrogen-bond acceptors (Lipinski definition) is 3. The van der Waals surface area contributed by atoms with Crippen molar-refractivity contribution < 1.29 is 4.74 Å². The van der Waals surface area contributed by atoms with Gasteiger partial charge >= 0.3 is 0 Å². The van der Waals surface area contributed by atoms with Crippen molar-refractivity contribution in [2.75, 3.05) is 32.5 Å². The van der Waals surface area contributed by atoms with E-state index in [0.29, 0.717) is 6.61 Å². The molecule has 0 fully saturated rings. The van der Waals surface area contributed by atoms with E-state index < -0.39 is 0 Å². The molecule has 0 aliphatic carbocycles. The largest absolute Gasteiger partial charge is 0.492 e. The Bertz CT molecular complexity index is 778. The highest BCUT2D eigenvalue weighted by Crippen LogP contribution is 2.24. The minimum atomic E-state index is 0.687. The lowest BCUT2D eigenvalue weighted by molar-refractivity contribution is 0.240. The van der Waals surface area contributed by atoms with Crippen LogP contribution >= 0.6 is 0 Å². The first-order chi connectivity index (χ1) is 11.7. The molecule has 0 aliphatic rings. The number of nitrogen functional groups attached to an aromatic ring is 1. The van der Waals surface area contributed by atoms with E-state index in [0.717, 1.165) is 30.9 Å². The lowest BCUT2D eigenvalue weighted by atomic mass is 10.1. The standard InChI is InChI=1S/C21H24N2O/c1-23(14-13-17-9-11-19(22)12-10-17)15-16-24-21-8-4-6-18-5-2-3-7-20(18)21/h2-12H,13-16,22H2,1H3. The third-order valence-electron chi connectivity index (χ3n) is 4.24. The molecule has 0 radical (unpaired) electrons. The molecule has 2 N–H and O–H groups in total. The Balaban J connectivity index is 1.48. The average Bonchev–Trinajstić information content (AvgIpc) is 2.61. The summed E-state index contributed by atoms with van der Waals surface area (Å²) in [5, 5.41) is 2.39. The number of nitrogens with zero attached hydrogens (tertiary/aromatic N) is 1. The fourth-order valence-electron chi connectivity index (χ4n) is 2.75. The Morgan fingerprint density at radius 1 is 0.875 bits per heavy atom. The fourth-order valence-corrected chi connectivity index (χ4v) is 2.75. The molecule has 124 valence electrons. The summed E-state index contributed by atoms with van der Waals surface area (Å²) in [7, 11) is 2.13. The molecule has 3 aromatic rings. The Kier molecular flexibility index (Phi) is 5.34. The zero-order chi connectivity index (χ0) is 16.8. The predicted octanol–water partition coefficient (Wildman–Crippen LogP) is 3.98. The SMILES string of the molecule is CN(CCOc1cccc2ccccc12)CCc1ccc(N)cc1. The molecule has 3 heteroatoms. The highest BCUT2D eigenvalue weighted by molar-refractivity contribution is 5.88. The topological polar surface area (TPSA) is 38.5 Å². The second-order valence-electron chi connectivity index (χ2n) is 6.12. The quantitative estimate of drug-likeness (QED) is 0.669. The second kappa shape index (κ2) is 7.84. The van der Waals surface area contributed by atoms with E-state index in [1.165, 1.54) is 16.3 Å². The van der Waals surface area contributed by atoms with Crippen molar-refractivity contribution in [3.8, 4) is 5.75 Å². The number of anilines is 1. The third kappa shape index (κ3) is 4.27. The van der Waals surface area contributed by atoms with E-state index in [9.17, 15) is 0 Å². The van der Waals surface area contributed by atoms with E-state index in [-0.39, 0.29) is 0 Å². The van der Waals surface area contributed by atoms with Gasteiger partial charge in [-0.05, 0) is 42.6 Å². The number of hydrogen-bond donors (Lipinski definition) is 1. The number of likely N-dealkylation sites (N-methyl/N-ethyl adjacent to an activating group) is 1. The lowest BCUT2D eigenvalue weighted by Crippen LogP contribution is -2.26. The first-order valence-electron chi connectivity index (χ1n) is 8.36. The van der Waals surface area contributed by atoms with Crippen LogP contribution in [0.1, 0.15) is 5.56 Å². The van der Waals surface area contributed by atoms with Crippen LogP contribution < -0.4 is 10.5 Å². The van der Waals surface area contributed by atoms with Crippen LogP contribution in [-0.2, 0) is 6.42 Å². The minimum Gasteiger partial charge on any atom is -0.492 e. The molecule has 3 aromatic carbocycles. The summed E-state index contributed by atoms with van der Waals surface area (Å²) in [6.45, 7) is 2.59. The number of nitrogens with two attached hydrogens (primary N) is 1. The minimum absolute atomic E-state index is 0.687. The molecule has 3 nitrogen and oxygen atoms in total. The molecule has 0 aromatic heterocycles. The van der Waals surface area contributed by atoms with E-state index in [4.69, 9.17) is 10.5 Å². The normalized spacial score (nSPS) is 11.1. The summed E-state index contributed by atoms with van der Waals surface area (Å²) < 4.78 is 6.00. The number of ether oxygens (including phenoxy) is 1. The maximum Gasteiger partial charge on any atom is 0.127 e. The van der Waals surface area contributed by atoms with Crippen LogP contribution in [0, 0.1) is 0 Å². The van der Waals surface area contributed by atoms with Gasteiger partial charge in [-0.25, -0.2) is 0 Å². The summed E-state index contributed by atoms with van der Waals surface area (Å²) in [6, 6.07) is 22.6. The predicted molar refractivity (Wildman–Crippen MR) is 101 cm³/mol. The number of fused-ring (bicyclic) bond motifs is 1. The van der Waals surface area contributed by atoms with Crippen LogP contribution in [0.15, 0.2) is 66.7 Å². The highest BCUT2D eigenvalue weighted by atomic mass is 16.5. The molecule has 0 aliphatic heterocycles. The second-order valence-corrected chi connectivity index (χ2v) is 6.12. The summed E-state index contributed by atoms with van der Waals surface area (Å²) in [4.78, 5) is 2.29. The van der Waals surface area contributed by atoms with Crippen LogP contribution in [-0.4, -0.2) is 31.6 Å². The summed E-state index contributed by atoms with van der Waals surface area (Å²) >= 11 is 0. The summed E-state index contributed by atoms with van der Waals surface area (Å²) in [6.07, 6.45) is 1.02. The Hall–Kier alpha value is -2.52. The van der Waals surface area contributed by atoms with E-state index in [1.807, 2.05) is 30.3 Å². The highest BCUT2D eigenvalue weighted by Gasteiger charge is 2.03. The molecule has 0 saturated carbocycles. The van der Waals surface area contributed by atoms with Crippen LogP contribution in [0.4, 0.5) is 5.69 Å². The molecule has 0 saturated heterocycles. The van der Waals surface area contributed by atoms with Crippen LogP contribution in [0.5, 0.6) is 5.75 Å². The Morgan fingerprint density at radius 3 is 2.46 bits per heavy atom. The lowest BCUT2D eigenvalue weighted by Gasteiger charge is -2.17. The van der Waals surface area contributed by atoms with Crippen molar-refractivity contribution in [3.63, 3.8) is 0 Å². The smallest absolute Gasteiger partial charge is 0.127 e. The van der Waals surface area contributed by atoms with Gasteiger partial charge < -0.3 is 15.4 Å². The van der Waals surface area contributed by atoms with Crippen molar-refractivity contribution in [1.29, 1.82) is 0 Å². The molecule has 0 spiro atoms. The van der Waals surface area contributed by atoms with Crippen molar-refractivity contribution in [2.24, 2.45) is 0 Å². The fraction of sp³-hybridized carbons (Fsp3) is 0.238. The van der Waals surface area contributed by atoms with Gasteiger partial charge in [0.1, 0.15) is 12.4 Å². The monoisotopic (exact) mass is 320 g/mol. The van der Waals surface area contributed by atoms with Crippen LogP contribution in [0.25, 0.3) is 10.8 Å². The van der Waals surface area contributed by atoms with Gasteiger partial charge in [0.2, 0.25) is 0 Å². The third-order valence-corrected chi connectivity index (χ3v) is 4.24. The first kappa shape index (κ1) is 16.3. The van der Waals surface area contributed by atoms with Gasteiger partial charge in [-0.2, -0.15) is 0 Å². The van der Waals surface area contributed by atoms with Gasteiger partial charge in [-0.1, -0.05) is 48.5 Å². The van der Waals surface area contributed by atoms with Gasteiger partial charge in [0, 0.05) is 24.2 Å². The first-order valence-corrected chi connectivity index (χ1v) is 8.36. The van der Waals surface area contributed by atoms with Crippen molar-refractivity contribution in [2.45, 2.75) is 6.42 Å². The maximum absolute atomic E-state index is 6.00. The van der Waals surface area contributed by atoms with Crippen molar-refractivity contribution in [1.82, 2.24) is 4.90 Å². The zero-order valence-corrected chi connectivity index (χ0v) is 14.1.